The van der Waals surface area contributed by atoms with Crippen LogP contribution in [-0.2, 0) is 10.8 Å². The predicted octanol–water partition coefficient (Wildman–Crippen LogP) is 30.1. The number of hydrogen-bond donors (Lipinski definition) is 0. The molecule has 12 aromatic carbocycles. The van der Waals surface area contributed by atoms with E-state index in [9.17, 15) is 0 Å². The summed E-state index contributed by atoms with van der Waals surface area (Å²) in [4.78, 5) is 71.2. The third-order valence-electron chi connectivity index (χ3n) is 23.2. The molecule has 0 unspecified atom stereocenters. The van der Waals surface area contributed by atoms with Gasteiger partial charge in [-0.1, -0.05) is 274 Å². The van der Waals surface area contributed by atoms with Gasteiger partial charge in [-0.25, -0.2) is 74.8 Å². The van der Waals surface area contributed by atoms with Crippen LogP contribution in [0.15, 0.2) is 397 Å². The second-order valence-electron chi connectivity index (χ2n) is 32.0. The van der Waals surface area contributed by atoms with Crippen molar-refractivity contribution < 1.29 is 11.3 Å². The molecule has 0 radical (unpaired) electrons. The van der Waals surface area contributed by atoms with Crippen LogP contribution in [0.1, 0.15) is 56.8 Å². The maximum Gasteiger partial charge on any atom is 0.199 e. The van der Waals surface area contributed by atoms with E-state index in [0.717, 1.165) is 132 Å². The SMILES string of the molecule is Brc1nc(-c2ccc3oc4ccccc4c3c2)c2ncccc2n1.Brc1nc(-c2ccccc2)c2cccnc2n1.Brc1nc(-c2ccccc2)c2cccnc2n1.CC1(C)c2cc(Br)ccc2-c2ccc(-c3nc(-c4ccccc4)c4ccccc4n3)cc21.CC1(C)c2ccccc2-c2ccc(-c3nc(Br)nc4ncccc34)cc21.[2H]c1c([2H])c([2H])c(-c2nc(Br)nc3ccccc23)c([2H])c1[2H]. The molecule has 0 aliphatic heterocycles. The van der Waals surface area contributed by atoms with Crippen molar-refractivity contribution >= 4 is 183 Å². The summed E-state index contributed by atoms with van der Waals surface area (Å²) in [6.07, 6.45) is 6.98. The molecule has 0 fully saturated rings. The number of halogens is 6. The number of pyridine rings is 4. The van der Waals surface area contributed by atoms with Gasteiger partial charge in [0, 0.05) is 117 Å². The van der Waals surface area contributed by atoms with Gasteiger partial charge in [-0.3, -0.25) is 4.98 Å². The highest BCUT2D eigenvalue weighted by Gasteiger charge is 2.38. The van der Waals surface area contributed by atoms with Gasteiger partial charge >= 0.3 is 0 Å². The van der Waals surface area contributed by atoms with E-state index in [1.54, 1.807) is 43.0 Å². The first-order chi connectivity index (χ1) is 67.0. The van der Waals surface area contributed by atoms with Crippen LogP contribution in [0.4, 0.5) is 0 Å². The molecule has 133 heavy (non-hydrogen) atoms. The molecule has 17 nitrogen and oxygen atoms in total. The summed E-state index contributed by atoms with van der Waals surface area (Å²) in [7, 11) is 0. The number of fused-ring (bicyclic) bond motifs is 15. The molecule has 11 aromatic heterocycles. The zero-order valence-corrected chi connectivity index (χ0v) is 80.6. The van der Waals surface area contributed by atoms with E-state index in [1.165, 1.54) is 44.5 Å². The lowest BCUT2D eigenvalue weighted by Crippen LogP contribution is -2.15. The first kappa shape index (κ1) is 81.0. The van der Waals surface area contributed by atoms with Crippen LogP contribution in [0.25, 0.3) is 189 Å². The molecule has 0 saturated carbocycles. The maximum absolute atomic E-state index is 8.07. The van der Waals surface area contributed by atoms with Gasteiger partial charge in [0.2, 0.25) is 0 Å². The van der Waals surface area contributed by atoms with Crippen LogP contribution in [-0.4, -0.2) is 79.7 Å². The fourth-order valence-corrected chi connectivity index (χ4v) is 19.1. The van der Waals surface area contributed by atoms with Crippen molar-refractivity contribution in [3.05, 3.63) is 415 Å². The van der Waals surface area contributed by atoms with E-state index < -0.39 is 6.04 Å². The summed E-state index contributed by atoms with van der Waals surface area (Å²) in [5.41, 5.74) is 28.8. The van der Waals surface area contributed by atoms with Crippen molar-refractivity contribution in [2.75, 3.05) is 0 Å². The van der Waals surface area contributed by atoms with E-state index >= 15 is 0 Å². The Morgan fingerprint density at radius 2 is 0.624 bits per heavy atom. The summed E-state index contributed by atoms with van der Waals surface area (Å²) in [5.74, 6) is 0.762. The third-order valence-corrected chi connectivity index (χ3v) is 25.5. The van der Waals surface area contributed by atoms with Crippen LogP contribution in [0.2, 0.25) is 0 Å². The fourth-order valence-electron chi connectivity index (χ4n) is 17.0. The smallest absolute Gasteiger partial charge is 0.199 e. The van der Waals surface area contributed by atoms with Gasteiger partial charge in [0.05, 0.1) is 51.9 Å². The number of para-hydroxylation sites is 3. The molecule has 0 saturated heterocycles. The van der Waals surface area contributed by atoms with E-state index in [4.69, 9.17) is 21.2 Å². The molecule has 11 heterocycles. The summed E-state index contributed by atoms with van der Waals surface area (Å²) in [5, 5.41) is 6.75. The molecule has 2 aliphatic rings. The number of rotatable bonds is 7. The van der Waals surface area contributed by atoms with Crippen LogP contribution in [0.3, 0.4) is 0 Å². The standard InChI is InChI=1S/C29H21BrN2.C22H16BrN3.C19H10BrN3O.C14H9BrN2.2C13H8BrN3/c1-29(2)24-16-19(12-14-21(24)22-15-13-20(30)17-25(22)29)28-31-26-11-7-6-10-23(26)27(32-28)18-8-4-3-5-9-18;1-22(2)17-8-4-3-6-14(17)15-10-9-13(12-18(15)22)19-16-7-5-11-24-20(16)26-21(23)25-19;20-19-22-14-5-3-9-21-18(14)17(23-19)11-7-8-16-13(10-11)12-4-1-2-6-15(12)24-16;15-14-16-12-9-5-4-8-11(12)13(17-14)10-6-2-1-3-7-10;2*14-13-16-11(9-5-2-1-3-6-9)10-7-4-8-15-12(10)17-13/h3-17H,1-2H3;3-12H,1-2H3;1-10H;1-9H;2*1-8H/i;;;1D,2D,3D,6D,7D;;. The molecular weight excluding hydrogens is 2040 g/mol. The summed E-state index contributed by atoms with van der Waals surface area (Å²) in [6.45, 7) is 9.17. The van der Waals surface area contributed by atoms with Gasteiger partial charge in [-0.05, 0) is 233 Å². The van der Waals surface area contributed by atoms with Gasteiger partial charge in [-0.15, -0.1) is 0 Å². The van der Waals surface area contributed by atoms with Gasteiger partial charge in [0.15, 0.2) is 46.4 Å². The molecule has 23 aromatic rings. The number of benzene rings is 12. The lowest BCUT2D eigenvalue weighted by atomic mass is 9.82. The fraction of sp³-hybridized carbons (Fsp3) is 0.0545. The lowest BCUT2D eigenvalue weighted by Gasteiger charge is -2.22. The first-order valence-electron chi connectivity index (χ1n) is 44.7. The number of nitrogens with zero attached hydrogens (tertiary/aromatic N) is 16. The number of aromatic nitrogens is 16. The molecule has 0 spiro atoms. The first-order valence-corrected chi connectivity index (χ1v) is 46.9. The molecule has 0 N–H and O–H groups in total. The molecular formula is C110H72Br6N16O. The van der Waals surface area contributed by atoms with Crippen LogP contribution >= 0.6 is 95.6 Å². The minimum absolute atomic E-state index is 0.0275. The van der Waals surface area contributed by atoms with Crippen molar-refractivity contribution in [2.24, 2.45) is 0 Å². The zero-order chi connectivity index (χ0) is 95.2. The Morgan fingerprint density at radius 3 is 1.20 bits per heavy atom. The second kappa shape index (κ2) is 37.7. The van der Waals surface area contributed by atoms with Gasteiger partial charge in [-0.2, -0.15) is 0 Å². The van der Waals surface area contributed by atoms with Gasteiger partial charge < -0.3 is 4.42 Å². The van der Waals surface area contributed by atoms with Gasteiger partial charge in [0.1, 0.15) is 22.4 Å². The van der Waals surface area contributed by atoms with E-state index in [0.29, 0.717) is 57.2 Å². The largest absolute Gasteiger partial charge is 0.456 e. The topological polar surface area (TPSA) is 219 Å². The molecule has 0 bridgehead atoms. The van der Waals surface area contributed by atoms with Crippen LogP contribution < -0.4 is 0 Å². The minimum atomic E-state index is -0.420. The van der Waals surface area contributed by atoms with Gasteiger partial charge in [0.25, 0.3) is 0 Å². The Hall–Kier alpha value is -14.0. The quantitative estimate of drug-likeness (QED) is 0.135. The zero-order valence-electron chi connectivity index (χ0n) is 76.1. The number of hydrogen-bond acceptors (Lipinski definition) is 17. The Kier molecular flexibility index (Phi) is 22.9. The third kappa shape index (κ3) is 17.9. The summed E-state index contributed by atoms with van der Waals surface area (Å²) in [6, 6.07) is 102. The average molecular weight is 2120 g/mol. The molecule has 23 heteroatoms. The maximum atomic E-state index is 8.07. The second-order valence-corrected chi connectivity index (χ2v) is 36.5. The average Bonchev–Trinajstić information content (AvgIpc) is 1.23. The highest BCUT2D eigenvalue weighted by Crippen LogP contribution is 2.52. The molecule has 2 aliphatic carbocycles. The summed E-state index contributed by atoms with van der Waals surface area (Å²) < 4.78 is 48.9. The van der Waals surface area contributed by atoms with Crippen LogP contribution in [0.5, 0.6) is 0 Å². The van der Waals surface area contributed by atoms with Crippen molar-refractivity contribution in [3.8, 4) is 101 Å². The Morgan fingerprint density at radius 1 is 0.248 bits per heavy atom. The molecule has 640 valence electrons. The minimum Gasteiger partial charge on any atom is -0.456 e. The van der Waals surface area contributed by atoms with Crippen molar-refractivity contribution in [2.45, 2.75) is 38.5 Å². The Bertz CT molecular complexity index is 8590. The van der Waals surface area contributed by atoms with E-state index in [2.05, 4.69) is 320 Å². The molecule has 25 rings (SSSR count). The number of furan rings is 1. The van der Waals surface area contributed by atoms with E-state index in [-0.39, 0.29) is 40.6 Å². The molecule has 0 amide bonds. The Balaban J connectivity index is 0.000000103. The van der Waals surface area contributed by atoms with Crippen molar-refractivity contribution in [1.82, 2.24) is 79.7 Å². The predicted molar refractivity (Wildman–Crippen MR) is 555 cm³/mol. The summed E-state index contributed by atoms with van der Waals surface area (Å²) >= 11 is 20.3. The Labute approximate surface area is 821 Å². The highest BCUT2D eigenvalue weighted by molar-refractivity contribution is 9.11. The normalized spacial score (nSPS) is 12.8. The molecule has 0 atom stereocenters. The van der Waals surface area contributed by atoms with Crippen molar-refractivity contribution in [1.29, 1.82) is 0 Å². The monoisotopic (exact) mass is 2110 g/mol. The van der Waals surface area contributed by atoms with Crippen LogP contribution in [0, 0.1) is 0 Å². The van der Waals surface area contributed by atoms with Crippen molar-refractivity contribution in [3.63, 3.8) is 0 Å². The highest BCUT2D eigenvalue weighted by atomic mass is 79.9. The lowest BCUT2D eigenvalue weighted by molar-refractivity contribution is 0.660. The van der Waals surface area contributed by atoms with E-state index in [1.807, 2.05) is 164 Å².